The van der Waals surface area contributed by atoms with E-state index in [1.54, 1.807) is 12.4 Å². The molecule has 3 rings (SSSR count). The fourth-order valence-corrected chi connectivity index (χ4v) is 2.46. The number of aromatic nitrogens is 5. The molecule has 0 bridgehead atoms. The predicted octanol–water partition coefficient (Wildman–Crippen LogP) is 2.92. The van der Waals surface area contributed by atoms with Gasteiger partial charge >= 0.3 is 0 Å². The second-order valence-electron chi connectivity index (χ2n) is 5.75. The number of H-pyrrole nitrogens is 1. The largest absolute Gasteiger partial charge is 0.367 e. The molecule has 3 aromatic rings. The standard InChI is InChI=1S/C17H20N6/c1-11(7-15-8-13(3)22-23-15)19-16-9-12(2)20-17(21-16)14-5-4-6-18-10-14/h4-6,8-11H,7H2,1-3H3,(H,22,23)(H,19,20,21)/t11-/m1/s1. The Morgan fingerprint density at radius 3 is 2.78 bits per heavy atom. The van der Waals surface area contributed by atoms with Gasteiger partial charge in [0, 0.05) is 47.9 Å². The highest BCUT2D eigenvalue weighted by Crippen LogP contribution is 2.17. The van der Waals surface area contributed by atoms with Crippen LogP contribution in [0.25, 0.3) is 11.4 Å². The van der Waals surface area contributed by atoms with Gasteiger partial charge in [-0.15, -0.1) is 0 Å². The Morgan fingerprint density at radius 1 is 1.22 bits per heavy atom. The molecular weight excluding hydrogens is 288 g/mol. The average molecular weight is 308 g/mol. The van der Waals surface area contributed by atoms with Gasteiger partial charge in [-0.2, -0.15) is 5.10 Å². The van der Waals surface area contributed by atoms with Crippen LogP contribution < -0.4 is 5.32 Å². The molecule has 0 aromatic carbocycles. The molecule has 6 heteroatoms. The number of hydrogen-bond acceptors (Lipinski definition) is 5. The van der Waals surface area contributed by atoms with E-state index >= 15 is 0 Å². The van der Waals surface area contributed by atoms with Crippen molar-refractivity contribution in [1.82, 2.24) is 25.1 Å². The Hall–Kier alpha value is -2.76. The highest BCUT2D eigenvalue weighted by molar-refractivity contribution is 5.56. The second kappa shape index (κ2) is 6.56. The molecule has 0 aliphatic rings. The summed E-state index contributed by atoms with van der Waals surface area (Å²) in [5.41, 5.74) is 3.95. The van der Waals surface area contributed by atoms with Gasteiger partial charge in [-0.25, -0.2) is 9.97 Å². The van der Waals surface area contributed by atoms with Gasteiger partial charge in [-0.3, -0.25) is 10.1 Å². The van der Waals surface area contributed by atoms with E-state index in [0.717, 1.165) is 34.9 Å². The first kappa shape index (κ1) is 15.1. The highest BCUT2D eigenvalue weighted by Gasteiger charge is 2.10. The van der Waals surface area contributed by atoms with Crippen LogP contribution in [0.2, 0.25) is 0 Å². The zero-order chi connectivity index (χ0) is 16.2. The lowest BCUT2D eigenvalue weighted by atomic mass is 10.2. The molecule has 3 aromatic heterocycles. The molecule has 0 radical (unpaired) electrons. The topological polar surface area (TPSA) is 79.4 Å². The van der Waals surface area contributed by atoms with Gasteiger partial charge in [-0.1, -0.05) is 0 Å². The van der Waals surface area contributed by atoms with Crippen LogP contribution in [-0.2, 0) is 6.42 Å². The van der Waals surface area contributed by atoms with E-state index < -0.39 is 0 Å². The minimum absolute atomic E-state index is 0.216. The maximum Gasteiger partial charge on any atom is 0.163 e. The fraction of sp³-hybridized carbons (Fsp3) is 0.294. The number of hydrogen-bond donors (Lipinski definition) is 2. The fourth-order valence-electron chi connectivity index (χ4n) is 2.46. The molecule has 118 valence electrons. The second-order valence-corrected chi connectivity index (χ2v) is 5.75. The molecule has 3 heterocycles. The number of aromatic amines is 1. The molecule has 0 aliphatic heterocycles. The lowest BCUT2D eigenvalue weighted by Gasteiger charge is -2.14. The van der Waals surface area contributed by atoms with Crippen molar-refractivity contribution < 1.29 is 0 Å². The Morgan fingerprint density at radius 2 is 2.09 bits per heavy atom. The monoisotopic (exact) mass is 308 g/mol. The molecule has 0 fully saturated rings. The third kappa shape index (κ3) is 3.91. The van der Waals surface area contributed by atoms with Gasteiger partial charge in [0.15, 0.2) is 5.82 Å². The van der Waals surface area contributed by atoms with E-state index in [0.29, 0.717) is 5.82 Å². The quantitative estimate of drug-likeness (QED) is 0.757. The van der Waals surface area contributed by atoms with Crippen molar-refractivity contribution in [2.24, 2.45) is 0 Å². The molecule has 23 heavy (non-hydrogen) atoms. The van der Waals surface area contributed by atoms with Gasteiger partial charge in [-0.05, 0) is 39.0 Å². The first-order valence-corrected chi connectivity index (χ1v) is 7.63. The van der Waals surface area contributed by atoms with Crippen LogP contribution in [0.4, 0.5) is 5.82 Å². The molecule has 0 saturated carbocycles. The van der Waals surface area contributed by atoms with Crippen molar-refractivity contribution in [3.63, 3.8) is 0 Å². The summed E-state index contributed by atoms with van der Waals surface area (Å²) in [6.45, 7) is 6.09. The molecule has 0 spiro atoms. The van der Waals surface area contributed by atoms with Gasteiger partial charge < -0.3 is 5.32 Å². The van der Waals surface area contributed by atoms with Crippen LogP contribution in [0, 0.1) is 13.8 Å². The van der Waals surface area contributed by atoms with Gasteiger partial charge in [0.1, 0.15) is 5.82 Å². The zero-order valence-corrected chi connectivity index (χ0v) is 13.5. The van der Waals surface area contributed by atoms with E-state index in [1.165, 1.54) is 0 Å². The van der Waals surface area contributed by atoms with E-state index in [-0.39, 0.29) is 6.04 Å². The molecule has 0 saturated heterocycles. The van der Waals surface area contributed by atoms with Crippen LogP contribution in [0.15, 0.2) is 36.7 Å². The minimum atomic E-state index is 0.216. The molecule has 6 nitrogen and oxygen atoms in total. The maximum absolute atomic E-state index is 4.60. The summed E-state index contributed by atoms with van der Waals surface area (Å²) in [4.78, 5) is 13.2. The number of aryl methyl sites for hydroxylation is 2. The van der Waals surface area contributed by atoms with Crippen molar-refractivity contribution >= 4 is 5.82 Å². The van der Waals surface area contributed by atoms with Crippen molar-refractivity contribution in [2.75, 3.05) is 5.32 Å². The van der Waals surface area contributed by atoms with Crippen LogP contribution >= 0.6 is 0 Å². The van der Waals surface area contributed by atoms with Crippen molar-refractivity contribution in [3.05, 3.63) is 53.7 Å². The summed E-state index contributed by atoms with van der Waals surface area (Å²) in [7, 11) is 0. The number of nitrogens with one attached hydrogen (secondary N) is 2. The molecule has 1 atom stereocenters. The average Bonchev–Trinajstić information content (AvgIpc) is 2.92. The van der Waals surface area contributed by atoms with Crippen molar-refractivity contribution in [2.45, 2.75) is 33.2 Å². The molecule has 2 N–H and O–H groups in total. The first-order chi connectivity index (χ1) is 11.1. The van der Waals surface area contributed by atoms with Crippen molar-refractivity contribution in [1.29, 1.82) is 0 Å². The number of nitrogens with zero attached hydrogens (tertiary/aromatic N) is 4. The highest BCUT2D eigenvalue weighted by atomic mass is 15.1. The van der Waals surface area contributed by atoms with E-state index in [9.17, 15) is 0 Å². The maximum atomic E-state index is 4.60. The summed E-state index contributed by atoms with van der Waals surface area (Å²) in [5, 5.41) is 10.7. The zero-order valence-electron chi connectivity index (χ0n) is 13.5. The summed E-state index contributed by atoms with van der Waals surface area (Å²) < 4.78 is 0. The van der Waals surface area contributed by atoms with Crippen LogP contribution in [-0.4, -0.2) is 31.2 Å². The SMILES string of the molecule is Cc1cc(N[C@H](C)Cc2cc(C)[nH]n2)nc(-c2cccnc2)n1. The van der Waals surface area contributed by atoms with E-state index in [4.69, 9.17) is 0 Å². The smallest absolute Gasteiger partial charge is 0.163 e. The van der Waals surface area contributed by atoms with Crippen molar-refractivity contribution in [3.8, 4) is 11.4 Å². The van der Waals surface area contributed by atoms with Gasteiger partial charge in [0.05, 0.1) is 5.69 Å². The molecule has 0 amide bonds. The Balaban J connectivity index is 1.76. The van der Waals surface area contributed by atoms with Crippen LogP contribution in [0.5, 0.6) is 0 Å². The molecule has 0 aliphatic carbocycles. The molecular formula is C17H20N6. The number of pyridine rings is 1. The number of rotatable bonds is 5. The van der Waals surface area contributed by atoms with E-state index in [2.05, 4.69) is 43.5 Å². The predicted molar refractivity (Wildman–Crippen MR) is 90.1 cm³/mol. The normalized spacial score (nSPS) is 12.1. The number of anilines is 1. The van der Waals surface area contributed by atoms with Gasteiger partial charge in [0.2, 0.25) is 0 Å². The third-order valence-corrected chi connectivity index (χ3v) is 3.44. The molecule has 0 unspecified atom stereocenters. The summed E-state index contributed by atoms with van der Waals surface area (Å²) >= 11 is 0. The minimum Gasteiger partial charge on any atom is -0.367 e. The Bertz CT molecular complexity index is 781. The lowest BCUT2D eigenvalue weighted by molar-refractivity contribution is 0.759. The summed E-state index contributed by atoms with van der Waals surface area (Å²) in [6, 6.07) is 8.07. The Kier molecular flexibility index (Phi) is 4.32. The third-order valence-electron chi connectivity index (χ3n) is 3.44. The summed E-state index contributed by atoms with van der Waals surface area (Å²) in [6.07, 6.45) is 4.34. The Labute approximate surface area is 135 Å². The van der Waals surface area contributed by atoms with Crippen LogP contribution in [0.1, 0.15) is 24.0 Å². The summed E-state index contributed by atoms with van der Waals surface area (Å²) in [5.74, 6) is 1.50. The first-order valence-electron chi connectivity index (χ1n) is 7.63. The lowest BCUT2D eigenvalue weighted by Crippen LogP contribution is -2.19. The van der Waals surface area contributed by atoms with E-state index in [1.807, 2.05) is 32.0 Å². The van der Waals surface area contributed by atoms with Gasteiger partial charge in [0.25, 0.3) is 0 Å². The van der Waals surface area contributed by atoms with Crippen LogP contribution in [0.3, 0.4) is 0 Å².